The number of aromatic nitrogens is 4. The number of hydrogen-bond acceptors (Lipinski definition) is 5. The number of amides is 1. The van der Waals surface area contributed by atoms with Gasteiger partial charge in [0.05, 0.1) is 18.0 Å². The molecule has 8 heteroatoms. The van der Waals surface area contributed by atoms with Crippen LogP contribution in [-0.4, -0.2) is 37.5 Å². The van der Waals surface area contributed by atoms with Crippen molar-refractivity contribution in [3.05, 3.63) is 58.6 Å². The maximum atomic E-state index is 12.9. The van der Waals surface area contributed by atoms with Crippen molar-refractivity contribution >= 4 is 5.91 Å². The van der Waals surface area contributed by atoms with Gasteiger partial charge in [-0.05, 0) is 43.5 Å². The molecule has 0 bridgehead atoms. The number of rotatable bonds is 3. The first kappa shape index (κ1) is 15.4. The molecule has 1 saturated heterocycles. The van der Waals surface area contributed by atoms with E-state index in [0.29, 0.717) is 23.8 Å². The smallest absolute Gasteiger partial charge is 0.261 e. The van der Waals surface area contributed by atoms with Crippen LogP contribution in [0.3, 0.4) is 0 Å². The summed E-state index contributed by atoms with van der Waals surface area (Å²) in [6, 6.07) is 6.53. The van der Waals surface area contributed by atoms with E-state index in [1.54, 1.807) is 29.2 Å². The number of H-pyrrole nitrogens is 2. The van der Waals surface area contributed by atoms with Crippen molar-refractivity contribution in [1.82, 2.24) is 25.1 Å². The number of carbonyl (C=O) groups is 1. The Morgan fingerprint density at radius 2 is 2.20 bits per heavy atom. The molecule has 0 saturated carbocycles. The Kier molecular flexibility index (Phi) is 3.93. The second-order valence-electron chi connectivity index (χ2n) is 5.97. The minimum atomic E-state index is -0.430. The van der Waals surface area contributed by atoms with E-state index in [9.17, 15) is 9.59 Å². The van der Waals surface area contributed by atoms with Gasteiger partial charge in [0, 0.05) is 6.54 Å². The summed E-state index contributed by atoms with van der Waals surface area (Å²) in [4.78, 5) is 34.0. The highest BCUT2D eigenvalue weighted by Gasteiger charge is 2.31. The number of nitrogens with one attached hydrogen (secondary N) is 2. The third-order valence-corrected chi connectivity index (χ3v) is 4.44. The third kappa shape index (κ3) is 2.86. The predicted octanol–water partition coefficient (Wildman–Crippen LogP) is 2.12. The molecule has 8 nitrogen and oxygen atoms in total. The van der Waals surface area contributed by atoms with Gasteiger partial charge in [0.25, 0.3) is 11.5 Å². The van der Waals surface area contributed by atoms with Gasteiger partial charge >= 0.3 is 0 Å². The second-order valence-corrected chi connectivity index (χ2v) is 5.97. The molecular formula is C17H17N5O3. The van der Waals surface area contributed by atoms with Crippen molar-refractivity contribution in [1.29, 1.82) is 0 Å². The van der Waals surface area contributed by atoms with Gasteiger partial charge < -0.3 is 14.3 Å². The molecule has 4 heterocycles. The highest BCUT2D eigenvalue weighted by Crippen LogP contribution is 2.29. The van der Waals surface area contributed by atoms with E-state index in [1.807, 2.05) is 0 Å². The lowest BCUT2D eigenvalue weighted by Crippen LogP contribution is -2.41. The second kappa shape index (κ2) is 6.39. The summed E-state index contributed by atoms with van der Waals surface area (Å²) in [5.41, 5.74) is 0.222. The van der Waals surface area contributed by atoms with Crippen molar-refractivity contribution in [3.63, 3.8) is 0 Å². The summed E-state index contributed by atoms with van der Waals surface area (Å²) in [5, 5.41) is 6.70. The topological polar surface area (TPSA) is 108 Å². The molecule has 0 unspecified atom stereocenters. The number of furan rings is 1. The van der Waals surface area contributed by atoms with E-state index in [-0.39, 0.29) is 17.5 Å². The maximum Gasteiger partial charge on any atom is 0.261 e. The van der Waals surface area contributed by atoms with Crippen LogP contribution in [0.25, 0.3) is 11.5 Å². The van der Waals surface area contributed by atoms with Crippen LogP contribution in [0, 0.1) is 0 Å². The summed E-state index contributed by atoms with van der Waals surface area (Å²) in [5.74, 6) is 0.902. The Morgan fingerprint density at radius 1 is 1.28 bits per heavy atom. The van der Waals surface area contributed by atoms with Crippen molar-refractivity contribution in [2.24, 2.45) is 0 Å². The van der Waals surface area contributed by atoms with Gasteiger partial charge in [-0.15, -0.1) is 0 Å². The molecule has 0 radical (unpaired) electrons. The molecule has 25 heavy (non-hydrogen) atoms. The van der Waals surface area contributed by atoms with E-state index < -0.39 is 5.56 Å². The Balaban J connectivity index is 1.64. The van der Waals surface area contributed by atoms with Gasteiger partial charge in [0.1, 0.15) is 23.5 Å². The molecule has 4 rings (SSSR count). The van der Waals surface area contributed by atoms with Crippen LogP contribution in [0.2, 0.25) is 0 Å². The largest absolute Gasteiger partial charge is 0.463 e. The van der Waals surface area contributed by atoms with E-state index in [2.05, 4.69) is 20.2 Å². The fraction of sp³-hybridized carbons (Fsp3) is 0.294. The Hall–Kier alpha value is -3.16. The lowest BCUT2D eigenvalue weighted by Gasteiger charge is -2.34. The number of hydrogen-bond donors (Lipinski definition) is 2. The van der Waals surface area contributed by atoms with E-state index in [4.69, 9.17) is 4.42 Å². The SMILES string of the molecule is O=C(c1ccc(-c2ccco2)[nH]c1=O)N1CCCC[C@@H]1c1ncn[nH]1. The number of carbonyl (C=O) groups excluding carboxylic acids is 1. The van der Waals surface area contributed by atoms with Crippen molar-refractivity contribution in [2.45, 2.75) is 25.3 Å². The van der Waals surface area contributed by atoms with Gasteiger partial charge in [-0.3, -0.25) is 14.7 Å². The van der Waals surface area contributed by atoms with Gasteiger partial charge in [0.2, 0.25) is 0 Å². The van der Waals surface area contributed by atoms with E-state index >= 15 is 0 Å². The van der Waals surface area contributed by atoms with Crippen LogP contribution < -0.4 is 5.56 Å². The summed E-state index contributed by atoms with van der Waals surface area (Å²) in [7, 11) is 0. The number of pyridine rings is 1. The predicted molar refractivity (Wildman–Crippen MR) is 88.8 cm³/mol. The molecule has 0 aliphatic carbocycles. The lowest BCUT2D eigenvalue weighted by atomic mass is 10.0. The number of piperidine rings is 1. The van der Waals surface area contributed by atoms with Crippen LogP contribution >= 0.6 is 0 Å². The molecule has 1 atom stereocenters. The van der Waals surface area contributed by atoms with Crippen LogP contribution in [0.4, 0.5) is 0 Å². The van der Waals surface area contributed by atoms with Gasteiger partial charge in [-0.25, -0.2) is 4.98 Å². The van der Waals surface area contributed by atoms with Gasteiger partial charge in [-0.1, -0.05) is 0 Å². The first-order valence-corrected chi connectivity index (χ1v) is 8.17. The molecule has 3 aromatic heterocycles. The highest BCUT2D eigenvalue weighted by molar-refractivity contribution is 5.94. The fourth-order valence-corrected chi connectivity index (χ4v) is 3.21. The fourth-order valence-electron chi connectivity index (χ4n) is 3.21. The number of nitrogens with zero attached hydrogens (tertiary/aromatic N) is 3. The average Bonchev–Trinajstić information content (AvgIpc) is 3.35. The molecule has 128 valence electrons. The normalized spacial score (nSPS) is 17.6. The van der Waals surface area contributed by atoms with E-state index in [0.717, 1.165) is 19.3 Å². The molecule has 2 N–H and O–H groups in total. The standard InChI is InChI=1S/C17H17N5O3/c23-16-11(6-7-12(20-16)14-5-3-9-25-14)17(24)22-8-2-1-4-13(22)15-18-10-19-21-15/h3,5-7,9-10,13H,1-2,4,8H2,(H,20,23)(H,18,19,21)/t13-/m1/s1. The van der Waals surface area contributed by atoms with Crippen molar-refractivity contribution < 1.29 is 9.21 Å². The van der Waals surface area contributed by atoms with Gasteiger partial charge in [-0.2, -0.15) is 5.10 Å². The average molecular weight is 339 g/mol. The molecule has 0 aromatic carbocycles. The van der Waals surface area contributed by atoms with Crippen LogP contribution in [-0.2, 0) is 0 Å². The van der Waals surface area contributed by atoms with Crippen molar-refractivity contribution in [2.75, 3.05) is 6.54 Å². The van der Waals surface area contributed by atoms with E-state index in [1.165, 1.54) is 12.6 Å². The van der Waals surface area contributed by atoms with Crippen molar-refractivity contribution in [3.8, 4) is 11.5 Å². The minimum Gasteiger partial charge on any atom is -0.463 e. The highest BCUT2D eigenvalue weighted by atomic mass is 16.3. The number of likely N-dealkylation sites (tertiary alicyclic amines) is 1. The zero-order valence-corrected chi connectivity index (χ0v) is 13.4. The summed E-state index contributed by atoms with van der Waals surface area (Å²) < 4.78 is 5.27. The first-order valence-electron chi connectivity index (χ1n) is 8.17. The molecular weight excluding hydrogens is 322 g/mol. The summed E-state index contributed by atoms with van der Waals surface area (Å²) >= 11 is 0. The van der Waals surface area contributed by atoms with Gasteiger partial charge in [0.15, 0.2) is 0 Å². The number of aromatic amines is 2. The van der Waals surface area contributed by atoms with Crippen LogP contribution in [0.15, 0.2) is 46.1 Å². The summed E-state index contributed by atoms with van der Waals surface area (Å²) in [6.45, 7) is 0.587. The Labute approximate surface area is 142 Å². The molecule has 1 aliphatic heterocycles. The summed E-state index contributed by atoms with van der Waals surface area (Å²) in [6.07, 6.45) is 5.66. The monoisotopic (exact) mass is 339 g/mol. The van der Waals surface area contributed by atoms with Crippen LogP contribution in [0.5, 0.6) is 0 Å². The first-order chi connectivity index (χ1) is 12.2. The quantitative estimate of drug-likeness (QED) is 0.760. The Bertz CT molecular complexity index is 914. The lowest BCUT2D eigenvalue weighted by molar-refractivity contribution is 0.0598. The zero-order chi connectivity index (χ0) is 17.2. The molecule has 1 fully saturated rings. The molecule has 1 amide bonds. The zero-order valence-electron chi connectivity index (χ0n) is 13.4. The maximum absolute atomic E-state index is 12.9. The Morgan fingerprint density at radius 3 is 2.92 bits per heavy atom. The molecule has 3 aromatic rings. The third-order valence-electron chi connectivity index (χ3n) is 4.44. The molecule has 1 aliphatic rings. The van der Waals surface area contributed by atoms with Crippen LogP contribution in [0.1, 0.15) is 41.5 Å². The molecule has 0 spiro atoms. The minimum absolute atomic E-state index is 0.113.